The highest BCUT2D eigenvalue weighted by molar-refractivity contribution is 7.98. The summed E-state index contributed by atoms with van der Waals surface area (Å²) in [5, 5.41) is 14.9. The van der Waals surface area contributed by atoms with E-state index in [4.69, 9.17) is 5.73 Å². The Balaban J connectivity index is 0.00000729. The molecule has 0 spiro atoms. The molecule has 28 heavy (non-hydrogen) atoms. The maximum Gasteiger partial charge on any atom is 0.326 e. The average molecular weight is 438 g/mol. The van der Waals surface area contributed by atoms with Gasteiger partial charge in [0.1, 0.15) is 6.04 Å². The minimum atomic E-state index is -0.980. The summed E-state index contributed by atoms with van der Waals surface area (Å²) in [5.74, 6) is -0.205. The van der Waals surface area contributed by atoms with Crippen molar-refractivity contribution >= 4 is 42.0 Å². The molecule has 0 aromatic heterocycles. The number of carboxylic acids is 1. The van der Waals surface area contributed by atoms with Crippen molar-refractivity contribution in [2.24, 2.45) is 23.5 Å². The predicted octanol–water partition coefficient (Wildman–Crippen LogP) is 2.03. The first-order valence-corrected chi connectivity index (χ1v) is 11.2. The van der Waals surface area contributed by atoms with Crippen LogP contribution in [-0.4, -0.2) is 53.5 Å². The number of rotatable bonds is 11. The van der Waals surface area contributed by atoms with Gasteiger partial charge in [0, 0.05) is 12.5 Å². The maximum absolute atomic E-state index is 12.4. The van der Waals surface area contributed by atoms with Crippen LogP contribution in [0.3, 0.4) is 0 Å². The van der Waals surface area contributed by atoms with E-state index in [1.165, 1.54) is 0 Å². The highest BCUT2D eigenvalue weighted by Gasteiger charge is 2.29. The van der Waals surface area contributed by atoms with Gasteiger partial charge in [0.25, 0.3) is 0 Å². The van der Waals surface area contributed by atoms with Crippen molar-refractivity contribution in [2.75, 3.05) is 18.6 Å². The Hall–Kier alpha value is -0.990. The first kappa shape index (κ1) is 27.0. The molecular formula is C19H36ClN3O4S. The second-order valence-corrected chi connectivity index (χ2v) is 8.54. The number of halogens is 1. The van der Waals surface area contributed by atoms with E-state index >= 15 is 0 Å². The van der Waals surface area contributed by atoms with E-state index in [1.54, 1.807) is 11.8 Å². The molecule has 2 amide bonds. The highest BCUT2D eigenvalue weighted by atomic mass is 35.5. The molecule has 0 aliphatic heterocycles. The Morgan fingerprint density at radius 2 is 1.82 bits per heavy atom. The molecule has 7 nitrogen and oxygen atoms in total. The van der Waals surface area contributed by atoms with Gasteiger partial charge in [-0.25, -0.2) is 4.79 Å². The number of aliphatic carboxylic acids is 1. The van der Waals surface area contributed by atoms with Crippen molar-refractivity contribution in [3.05, 3.63) is 0 Å². The molecule has 0 saturated heterocycles. The van der Waals surface area contributed by atoms with Gasteiger partial charge in [0.15, 0.2) is 0 Å². The van der Waals surface area contributed by atoms with Gasteiger partial charge in [-0.1, -0.05) is 20.3 Å². The number of nitrogens with two attached hydrogens (primary N) is 1. The fraction of sp³-hybridized carbons (Fsp3) is 0.842. The Bertz CT molecular complexity index is 502. The van der Waals surface area contributed by atoms with Crippen molar-refractivity contribution < 1.29 is 19.5 Å². The van der Waals surface area contributed by atoms with Gasteiger partial charge in [-0.15, -0.1) is 12.4 Å². The highest BCUT2D eigenvalue weighted by Crippen LogP contribution is 2.28. The summed E-state index contributed by atoms with van der Waals surface area (Å²) in [6, 6.07) is -1.30. The average Bonchev–Trinajstić information content (AvgIpc) is 2.67. The number of amides is 2. The lowest BCUT2D eigenvalue weighted by Gasteiger charge is -2.29. The van der Waals surface area contributed by atoms with Crippen LogP contribution >= 0.6 is 24.2 Å². The summed E-state index contributed by atoms with van der Waals surface area (Å²) in [6.07, 6.45) is 6.34. The lowest BCUT2D eigenvalue weighted by atomic mass is 9.81. The molecule has 1 aliphatic carbocycles. The zero-order valence-corrected chi connectivity index (χ0v) is 18.7. The van der Waals surface area contributed by atoms with E-state index < -0.39 is 18.1 Å². The van der Waals surface area contributed by atoms with E-state index in [-0.39, 0.29) is 36.1 Å². The van der Waals surface area contributed by atoms with E-state index in [0.717, 1.165) is 32.1 Å². The number of hydrogen-bond acceptors (Lipinski definition) is 5. The van der Waals surface area contributed by atoms with Crippen molar-refractivity contribution in [3.63, 3.8) is 0 Å². The van der Waals surface area contributed by atoms with Gasteiger partial charge in [0.2, 0.25) is 11.8 Å². The molecule has 1 unspecified atom stereocenters. The standard InChI is InChI=1S/C19H35N3O4S.ClH/c1-4-12(2)16(20)18(24)21-11-13-5-7-14(8-6-13)17(23)22-15(19(25)26)9-10-27-3;/h12-16H,4-11,20H2,1-3H3,(H,21,24)(H,22,23)(H,25,26);1H/t12?,13?,14?,15-,16-;/m0./s1. The molecule has 0 aromatic carbocycles. The molecule has 1 saturated carbocycles. The summed E-state index contributed by atoms with van der Waals surface area (Å²) in [4.78, 5) is 35.7. The zero-order chi connectivity index (χ0) is 20.4. The van der Waals surface area contributed by atoms with Crippen LogP contribution in [0.4, 0.5) is 0 Å². The third-order valence-electron chi connectivity index (χ3n) is 5.57. The molecule has 5 N–H and O–H groups in total. The molecular weight excluding hydrogens is 402 g/mol. The summed E-state index contributed by atoms with van der Waals surface area (Å²) in [5.41, 5.74) is 5.94. The number of nitrogens with one attached hydrogen (secondary N) is 2. The third kappa shape index (κ3) is 9.01. The first-order valence-electron chi connectivity index (χ1n) is 9.85. The number of thioether (sulfide) groups is 1. The minimum Gasteiger partial charge on any atom is -0.480 e. The predicted molar refractivity (Wildman–Crippen MR) is 116 cm³/mol. The molecule has 9 heteroatoms. The summed E-state index contributed by atoms with van der Waals surface area (Å²) in [6.45, 7) is 4.57. The van der Waals surface area contributed by atoms with Crippen LogP contribution in [0.2, 0.25) is 0 Å². The van der Waals surface area contributed by atoms with Gasteiger partial charge in [-0.05, 0) is 55.9 Å². The molecule has 0 aromatic rings. The number of carbonyl (C=O) groups excluding carboxylic acids is 2. The van der Waals surface area contributed by atoms with E-state index in [0.29, 0.717) is 24.6 Å². The van der Waals surface area contributed by atoms with Crippen LogP contribution in [0.15, 0.2) is 0 Å². The Kier molecular flexibility index (Phi) is 13.6. The molecule has 1 aliphatic rings. The normalized spacial score (nSPS) is 22.3. The minimum absolute atomic E-state index is 0. The lowest BCUT2D eigenvalue weighted by Crippen LogP contribution is -2.47. The maximum atomic E-state index is 12.4. The van der Waals surface area contributed by atoms with Crippen molar-refractivity contribution in [2.45, 2.75) is 64.5 Å². The number of hydrogen-bond donors (Lipinski definition) is 4. The second kappa shape index (κ2) is 14.1. The van der Waals surface area contributed by atoms with Gasteiger partial charge < -0.3 is 21.5 Å². The third-order valence-corrected chi connectivity index (χ3v) is 6.21. The van der Waals surface area contributed by atoms with Crippen molar-refractivity contribution in [1.29, 1.82) is 0 Å². The van der Waals surface area contributed by atoms with Crippen molar-refractivity contribution in [3.8, 4) is 0 Å². The van der Waals surface area contributed by atoms with Crippen LogP contribution in [0.1, 0.15) is 52.4 Å². The van der Waals surface area contributed by atoms with Crippen LogP contribution in [0.25, 0.3) is 0 Å². The number of carboxylic acid groups (broad SMARTS) is 1. The summed E-state index contributed by atoms with van der Waals surface area (Å²) >= 11 is 1.57. The SMILES string of the molecule is CCC(C)[C@H](N)C(=O)NCC1CCC(C(=O)N[C@@H](CCSC)C(=O)O)CC1.Cl. The van der Waals surface area contributed by atoms with Crippen LogP contribution in [-0.2, 0) is 14.4 Å². The van der Waals surface area contributed by atoms with Crippen LogP contribution in [0, 0.1) is 17.8 Å². The molecule has 1 fully saturated rings. The Labute approximate surface area is 178 Å². The molecule has 0 radical (unpaired) electrons. The largest absolute Gasteiger partial charge is 0.480 e. The Morgan fingerprint density at radius 3 is 2.32 bits per heavy atom. The van der Waals surface area contributed by atoms with Gasteiger partial charge >= 0.3 is 5.97 Å². The first-order chi connectivity index (χ1) is 12.8. The monoisotopic (exact) mass is 437 g/mol. The molecule has 0 heterocycles. The number of carbonyl (C=O) groups is 3. The quantitative estimate of drug-likeness (QED) is 0.392. The summed E-state index contributed by atoms with van der Waals surface area (Å²) < 4.78 is 0. The lowest BCUT2D eigenvalue weighted by molar-refractivity contribution is -0.142. The fourth-order valence-corrected chi connectivity index (χ4v) is 3.76. The van der Waals surface area contributed by atoms with Gasteiger partial charge in [-0.2, -0.15) is 11.8 Å². The van der Waals surface area contributed by atoms with Gasteiger partial charge in [-0.3, -0.25) is 9.59 Å². The van der Waals surface area contributed by atoms with Crippen LogP contribution in [0.5, 0.6) is 0 Å². The molecule has 164 valence electrons. The second-order valence-electron chi connectivity index (χ2n) is 7.56. The zero-order valence-electron chi connectivity index (χ0n) is 17.1. The molecule has 3 atom stereocenters. The van der Waals surface area contributed by atoms with Crippen molar-refractivity contribution in [1.82, 2.24) is 10.6 Å². The fourth-order valence-electron chi connectivity index (χ4n) is 3.29. The summed E-state index contributed by atoms with van der Waals surface area (Å²) in [7, 11) is 0. The topological polar surface area (TPSA) is 122 Å². The van der Waals surface area contributed by atoms with E-state index in [2.05, 4.69) is 10.6 Å². The smallest absolute Gasteiger partial charge is 0.326 e. The van der Waals surface area contributed by atoms with E-state index in [9.17, 15) is 19.5 Å². The Morgan fingerprint density at radius 1 is 1.21 bits per heavy atom. The van der Waals surface area contributed by atoms with Crippen LogP contribution < -0.4 is 16.4 Å². The molecule has 0 bridgehead atoms. The molecule has 1 rings (SSSR count). The van der Waals surface area contributed by atoms with Gasteiger partial charge in [0.05, 0.1) is 6.04 Å². The van der Waals surface area contributed by atoms with E-state index in [1.807, 2.05) is 20.1 Å².